The number of esters is 2. The predicted molar refractivity (Wildman–Crippen MR) is 166 cm³/mol. The van der Waals surface area contributed by atoms with Gasteiger partial charge in [0.05, 0.1) is 0 Å². The van der Waals surface area contributed by atoms with Crippen LogP contribution < -0.4 is 9.47 Å². The monoisotopic (exact) mass is 564 g/mol. The highest BCUT2D eigenvalue weighted by Gasteiger charge is 2.33. The van der Waals surface area contributed by atoms with Crippen molar-refractivity contribution < 1.29 is 19.1 Å². The summed E-state index contributed by atoms with van der Waals surface area (Å²) in [4.78, 5) is 30.9. The van der Waals surface area contributed by atoms with Gasteiger partial charge in [-0.1, -0.05) is 43.6 Å². The molecule has 0 spiro atoms. The van der Waals surface area contributed by atoms with Crippen LogP contribution in [0.4, 0.5) is 0 Å². The fourth-order valence-electron chi connectivity index (χ4n) is 6.29. The number of allylic oxidation sites excluding steroid dienone is 3. The molecule has 3 aliphatic rings. The van der Waals surface area contributed by atoms with Crippen LogP contribution in [0.2, 0.25) is 0 Å². The summed E-state index contributed by atoms with van der Waals surface area (Å²) in [6, 6.07) is 5.26. The molecule has 6 nitrogen and oxygen atoms in total. The first-order valence-electron chi connectivity index (χ1n) is 16.0. The second-order valence-corrected chi connectivity index (χ2v) is 12.9. The highest BCUT2D eigenvalue weighted by atomic mass is 16.5. The molecular weight excluding hydrogens is 512 g/mol. The number of carbonyl (C=O) groups is 2. The number of ether oxygens (including phenoxy) is 2. The van der Waals surface area contributed by atoms with E-state index in [4.69, 9.17) is 9.47 Å². The van der Waals surface area contributed by atoms with Gasteiger partial charge in [0, 0.05) is 49.5 Å². The van der Waals surface area contributed by atoms with Crippen LogP contribution in [0.3, 0.4) is 0 Å². The number of hydrogen-bond donors (Lipinski definition) is 0. The second-order valence-electron chi connectivity index (χ2n) is 12.9. The summed E-state index contributed by atoms with van der Waals surface area (Å²) in [6.07, 6.45) is 12.8. The first-order valence-corrected chi connectivity index (χ1v) is 16.0. The smallest absolute Gasteiger partial charge is 0.311 e. The number of aryl methyl sites for hydroxylation is 1. The van der Waals surface area contributed by atoms with E-state index in [-0.39, 0.29) is 23.8 Å². The maximum atomic E-state index is 13.2. The lowest BCUT2D eigenvalue weighted by molar-refractivity contribution is -0.135. The van der Waals surface area contributed by atoms with Gasteiger partial charge in [0.25, 0.3) is 0 Å². The van der Waals surface area contributed by atoms with Gasteiger partial charge in [-0.25, -0.2) is 0 Å². The van der Waals surface area contributed by atoms with Crippen molar-refractivity contribution in [1.29, 1.82) is 0 Å². The highest BCUT2D eigenvalue weighted by molar-refractivity contribution is 5.76. The van der Waals surface area contributed by atoms with E-state index in [0.29, 0.717) is 36.4 Å². The molecule has 1 aromatic rings. The Kier molecular flexibility index (Phi) is 11.2. The molecule has 0 radical (unpaired) electrons. The molecule has 4 rings (SSSR count). The Labute approximate surface area is 248 Å². The minimum absolute atomic E-state index is 0.0585. The van der Waals surface area contributed by atoms with Crippen molar-refractivity contribution in [3.63, 3.8) is 0 Å². The van der Waals surface area contributed by atoms with Crippen molar-refractivity contribution >= 4 is 11.9 Å². The summed E-state index contributed by atoms with van der Waals surface area (Å²) in [5.41, 5.74) is 4.27. The van der Waals surface area contributed by atoms with E-state index in [1.54, 1.807) is 0 Å². The maximum absolute atomic E-state index is 13.2. The van der Waals surface area contributed by atoms with E-state index in [0.717, 1.165) is 94.0 Å². The van der Waals surface area contributed by atoms with Gasteiger partial charge < -0.3 is 19.3 Å². The molecule has 0 saturated carbocycles. The zero-order valence-corrected chi connectivity index (χ0v) is 26.2. The standard InChI is InChI=1S/C35H52N2O4/c1-7-8-9-12-26-20-31(40-33(38)15-10-13-27-22-36(27)5)35(30-19-25(4)17-18-29(30)24(2)3)32(21-26)41-34(39)16-11-14-28-23-37(28)6/h19-21,27-30H,2,7-18,22-23H2,1,3-6H3. The molecule has 1 aliphatic carbocycles. The molecule has 0 N–H and O–H groups in total. The van der Waals surface area contributed by atoms with Crippen molar-refractivity contribution in [3.05, 3.63) is 47.1 Å². The van der Waals surface area contributed by atoms with E-state index in [1.165, 1.54) is 5.57 Å². The summed E-state index contributed by atoms with van der Waals surface area (Å²) in [5.74, 6) is 0.811. The van der Waals surface area contributed by atoms with Crippen LogP contribution in [0.1, 0.15) is 108 Å². The summed E-state index contributed by atoms with van der Waals surface area (Å²) >= 11 is 0. The fourth-order valence-corrected chi connectivity index (χ4v) is 6.29. The Morgan fingerprint density at radius 1 is 0.927 bits per heavy atom. The fraction of sp³-hybridized carbons (Fsp3) is 0.657. The van der Waals surface area contributed by atoms with Crippen molar-refractivity contribution in [3.8, 4) is 11.5 Å². The summed E-state index contributed by atoms with van der Waals surface area (Å²) in [6.45, 7) is 13.0. The molecule has 2 aliphatic heterocycles. The van der Waals surface area contributed by atoms with Gasteiger partial charge in [-0.15, -0.1) is 0 Å². The van der Waals surface area contributed by atoms with E-state index in [1.807, 2.05) is 12.1 Å². The number of benzene rings is 1. The zero-order valence-electron chi connectivity index (χ0n) is 26.2. The SMILES string of the molecule is C=C(C)C1CCC(C)=CC1c1c(OC(=O)CCCC2CN2C)cc(CCCCC)cc1OC(=O)CCCC1CN1C. The van der Waals surface area contributed by atoms with Gasteiger partial charge in [-0.05, 0) is 103 Å². The molecule has 0 amide bonds. The average molecular weight is 565 g/mol. The maximum Gasteiger partial charge on any atom is 0.311 e. The lowest BCUT2D eigenvalue weighted by atomic mass is 9.73. The van der Waals surface area contributed by atoms with Crippen LogP contribution >= 0.6 is 0 Å². The number of rotatable bonds is 16. The summed E-state index contributed by atoms with van der Waals surface area (Å²) < 4.78 is 12.4. The van der Waals surface area contributed by atoms with Gasteiger partial charge in [0.1, 0.15) is 11.5 Å². The van der Waals surface area contributed by atoms with Crippen LogP contribution in [-0.4, -0.2) is 61.0 Å². The normalized spacial score (nSPS) is 26.7. The number of carbonyl (C=O) groups excluding carboxylic acids is 2. The third kappa shape index (κ3) is 9.27. The Morgan fingerprint density at radius 3 is 1.93 bits per heavy atom. The number of hydrogen-bond acceptors (Lipinski definition) is 6. The lowest BCUT2D eigenvalue weighted by Crippen LogP contribution is -2.21. The van der Waals surface area contributed by atoms with Crippen LogP contribution in [0, 0.1) is 5.92 Å². The molecule has 6 unspecified atom stereocenters. The van der Waals surface area contributed by atoms with Crippen molar-refractivity contribution in [2.75, 3.05) is 27.2 Å². The molecule has 0 bridgehead atoms. The molecule has 1 aromatic carbocycles. The van der Waals surface area contributed by atoms with E-state index < -0.39 is 0 Å². The van der Waals surface area contributed by atoms with Gasteiger partial charge in [-0.2, -0.15) is 0 Å². The van der Waals surface area contributed by atoms with Crippen LogP contribution in [0.5, 0.6) is 11.5 Å². The van der Waals surface area contributed by atoms with Gasteiger partial charge in [-0.3, -0.25) is 9.59 Å². The van der Waals surface area contributed by atoms with Crippen molar-refractivity contribution in [2.24, 2.45) is 5.92 Å². The first-order chi connectivity index (χ1) is 19.7. The lowest BCUT2D eigenvalue weighted by Gasteiger charge is -2.32. The summed E-state index contributed by atoms with van der Waals surface area (Å²) in [5, 5.41) is 0. The van der Waals surface area contributed by atoms with E-state index in [9.17, 15) is 9.59 Å². The largest absolute Gasteiger partial charge is 0.426 e. The molecular formula is C35H52N2O4. The average Bonchev–Trinajstić information content (AvgIpc) is 3.81. The first kappa shape index (κ1) is 31.5. The quantitative estimate of drug-likeness (QED) is 0.0695. The molecule has 41 heavy (non-hydrogen) atoms. The molecule has 2 saturated heterocycles. The molecule has 2 heterocycles. The Morgan fingerprint density at radius 2 is 1.46 bits per heavy atom. The van der Waals surface area contributed by atoms with Crippen LogP contribution in [0.25, 0.3) is 0 Å². The molecule has 0 aromatic heterocycles. The van der Waals surface area contributed by atoms with Crippen molar-refractivity contribution in [2.45, 2.75) is 116 Å². The van der Waals surface area contributed by atoms with Crippen LogP contribution in [0.15, 0.2) is 35.9 Å². The zero-order chi connectivity index (χ0) is 29.5. The molecule has 6 atom stereocenters. The second kappa shape index (κ2) is 14.6. The van der Waals surface area contributed by atoms with Crippen molar-refractivity contribution in [1.82, 2.24) is 9.80 Å². The number of likely N-dealkylation sites (N-methyl/N-ethyl adjacent to an activating group) is 2. The molecule has 6 heteroatoms. The van der Waals surface area contributed by atoms with Crippen LogP contribution in [-0.2, 0) is 16.0 Å². The topological polar surface area (TPSA) is 58.6 Å². The Balaban J connectivity index is 1.63. The third-order valence-electron chi connectivity index (χ3n) is 9.21. The highest BCUT2D eigenvalue weighted by Crippen LogP contribution is 2.47. The third-order valence-corrected chi connectivity index (χ3v) is 9.21. The minimum atomic E-state index is -0.213. The predicted octanol–water partition coefficient (Wildman–Crippen LogP) is 7.21. The minimum Gasteiger partial charge on any atom is -0.426 e. The van der Waals surface area contributed by atoms with E-state index >= 15 is 0 Å². The van der Waals surface area contributed by atoms with Gasteiger partial charge >= 0.3 is 11.9 Å². The number of nitrogens with zero attached hydrogens (tertiary/aromatic N) is 2. The number of unbranched alkanes of at least 4 members (excludes halogenated alkanes) is 2. The molecule has 226 valence electrons. The van der Waals surface area contributed by atoms with E-state index in [2.05, 4.69) is 57.3 Å². The summed E-state index contributed by atoms with van der Waals surface area (Å²) in [7, 11) is 4.23. The Hall–Kier alpha value is -2.44. The van der Waals surface area contributed by atoms with Gasteiger partial charge in [0.15, 0.2) is 0 Å². The molecule has 2 fully saturated rings. The Bertz CT molecular complexity index is 1070. The van der Waals surface area contributed by atoms with Gasteiger partial charge in [0.2, 0.25) is 0 Å².